The van der Waals surface area contributed by atoms with Gasteiger partial charge in [-0.2, -0.15) is 0 Å². The smallest absolute Gasteiger partial charge is 0.184 e. The Hall–Kier alpha value is 0.554. The van der Waals surface area contributed by atoms with E-state index in [1.54, 1.807) is 0 Å². The average Bonchev–Trinajstić information content (AvgIpc) is 2.48. The minimum Gasteiger partial charge on any atom is -0.415 e. The first-order valence-corrected chi connectivity index (χ1v) is 28.8. The second-order valence-electron chi connectivity index (χ2n) is 13.4. The van der Waals surface area contributed by atoms with Gasteiger partial charge in [-0.05, 0) is 98.2 Å². The first-order valence-electron chi connectivity index (χ1n) is 11.7. The van der Waals surface area contributed by atoms with Crippen molar-refractivity contribution in [3.05, 3.63) is 0 Å². The predicted molar refractivity (Wildman–Crippen MR) is 148 cm³/mol. The molecule has 0 aliphatic heterocycles. The molecular weight excluding hydrogens is 489 g/mol. The van der Waals surface area contributed by atoms with Crippen molar-refractivity contribution < 1.29 is 26.9 Å². The molecule has 0 N–H and O–H groups in total. The van der Waals surface area contributed by atoms with Gasteiger partial charge in [0.1, 0.15) is 18.5 Å². The van der Waals surface area contributed by atoms with Crippen molar-refractivity contribution in [3.63, 3.8) is 0 Å². The standard InChI is InChI=1S/C21H52O6Si5/c1-28(2,3)23-17-19(25-30(7,8)9)21(27-32(13,14)15)20(26-31(10,11)12)18(16-22)24-29(4,5)6/h16,18-21H,17H2,1-15H3/t18-,19-,20+,21-/m1/s1. The largest absolute Gasteiger partial charge is 0.415 e. The Balaban J connectivity index is 6.51. The lowest BCUT2D eigenvalue weighted by molar-refractivity contribution is -0.127. The maximum absolute atomic E-state index is 12.3. The van der Waals surface area contributed by atoms with E-state index in [9.17, 15) is 4.79 Å². The Morgan fingerprint density at radius 1 is 0.531 bits per heavy atom. The van der Waals surface area contributed by atoms with E-state index in [1.165, 1.54) is 0 Å². The van der Waals surface area contributed by atoms with Crippen LogP contribution in [0.2, 0.25) is 98.2 Å². The topological polar surface area (TPSA) is 63.2 Å². The van der Waals surface area contributed by atoms with Crippen molar-refractivity contribution in [2.75, 3.05) is 6.61 Å². The lowest BCUT2D eigenvalue weighted by Crippen LogP contribution is -2.59. The van der Waals surface area contributed by atoms with Gasteiger partial charge < -0.3 is 26.9 Å². The molecule has 4 atom stereocenters. The summed E-state index contributed by atoms with van der Waals surface area (Å²) >= 11 is 0. The van der Waals surface area contributed by atoms with Crippen LogP contribution in [0.1, 0.15) is 0 Å². The van der Waals surface area contributed by atoms with Crippen LogP contribution in [0.3, 0.4) is 0 Å². The molecule has 0 aliphatic carbocycles. The quantitative estimate of drug-likeness (QED) is 0.190. The van der Waals surface area contributed by atoms with Crippen LogP contribution in [0.5, 0.6) is 0 Å². The third-order valence-electron chi connectivity index (χ3n) is 3.80. The van der Waals surface area contributed by atoms with Crippen LogP contribution in [0.25, 0.3) is 0 Å². The number of hydrogen-bond acceptors (Lipinski definition) is 6. The molecule has 192 valence electrons. The number of carbonyl (C=O) groups is 1. The van der Waals surface area contributed by atoms with Crippen molar-refractivity contribution in [2.24, 2.45) is 0 Å². The van der Waals surface area contributed by atoms with Gasteiger partial charge in [0.25, 0.3) is 0 Å². The summed E-state index contributed by atoms with van der Waals surface area (Å²) in [4.78, 5) is 12.3. The minimum atomic E-state index is -2.04. The van der Waals surface area contributed by atoms with Gasteiger partial charge in [0.15, 0.2) is 41.6 Å². The summed E-state index contributed by atoms with van der Waals surface area (Å²) < 4.78 is 32.8. The lowest BCUT2D eigenvalue weighted by Gasteiger charge is -2.44. The Morgan fingerprint density at radius 3 is 1.22 bits per heavy atom. The third-order valence-corrected chi connectivity index (χ3v) is 8.78. The molecule has 0 bridgehead atoms. The van der Waals surface area contributed by atoms with Crippen LogP contribution in [0.4, 0.5) is 0 Å². The first-order chi connectivity index (χ1) is 13.9. The molecule has 0 rings (SSSR count). The highest BCUT2D eigenvalue weighted by molar-refractivity contribution is 6.71. The fourth-order valence-corrected chi connectivity index (χ4v) is 8.02. The van der Waals surface area contributed by atoms with Gasteiger partial charge in [-0.15, -0.1) is 0 Å². The molecular formula is C21H52O6Si5. The fraction of sp³-hybridized carbons (Fsp3) is 0.952. The van der Waals surface area contributed by atoms with E-state index in [1.807, 2.05) is 0 Å². The molecule has 11 heteroatoms. The molecule has 0 unspecified atom stereocenters. The van der Waals surface area contributed by atoms with E-state index < -0.39 is 59.9 Å². The van der Waals surface area contributed by atoms with Crippen molar-refractivity contribution in [1.29, 1.82) is 0 Å². The van der Waals surface area contributed by atoms with E-state index >= 15 is 0 Å². The maximum atomic E-state index is 12.3. The second kappa shape index (κ2) is 12.0. The molecule has 0 fully saturated rings. The summed E-state index contributed by atoms with van der Waals surface area (Å²) in [6.45, 7) is 32.6. The molecule has 0 saturated carbocycles. The molecule has 6 nitrogen and oxygen atoms in total. The van der Waals surface area contributed by atoms with Gasteiger partial charge in [-0.25, -0.2) is 0 Å². The first kappa shape index (κ1) is 32.6. The summed E-state index contributed by atoms with van der Waals surface area (Å²) in [5.41, 5.74) is 0. The zero-order chi connectivity index (χ0) is 25.8. The molecule has 0 aromatic rings. The van der Waals surface area contributed by atoms with Gasteiger partial charge in [0, 0.05) is 0 Å². The molecule has 0 aliphatic rings. The minimum absolute atomic E-state index is 0.325. The van der Waals surface area contributed by atoms with Crippen molar-refractivity contribution in [2.45, 2.75) is 123 Å². The Bertz CT molecular complexity index is 570. The van der Waals surface area contributed by atoms with Gasteiger partial charge in [0.05, 0.1) is 18.8 Å². The fourth-order valence-electron chi connectivity index (χ4n) is 3.05. The number of rotatable bonds is 15. The molecule has 0 aromatic carbocycles. The monoisotopic (exact) mass is 540 g/mol. The molecule has 0 saturated heterocycles. The van der Waals surface area contributed by atoms with Crippen molar-refractivity contribution in [1.82, 2.24) is 0 Å². The van der Waals surface area contributed by atoms with Crippen LogP contribution in [0.15, 0.2) is 0 Å². The normalized spacial score (nSPS) is 18.2. The molecule has 0 aromatic heterocycles. The van der Waals surface area contributed by atoms with Crippen molar-refractivity contribution in [3.8, 4) is 0 Å². The summed E-state index contributed by atoms with van der Waals surface area (Å²) in [6.07, 6.45) is -1.11. The summed E-state index contributed by atoms with van der Waals surface area (Å²) in [5, 5.41) is 0. The molecule has 0 spiro atoms. The molecule has 0 amide bonds. The Labute approximate surface area is 203 Å². The van der Waals surface area contributed by atoms with Gasteiger partial charge in [0.2, 0.25) is 0 Å². The molecule has 0 radical (unpaired) electrons. The van der Waals surface area contributed by atoms with Crippen LogP contribution in [-0.4, -0.2) is 78.9 Å². The lowest BCUT2D eigenvalue weighted by atomic mass is 10.0. The van der Waals surface area contributed by atoms with Crippen molar-refractivity contribution >= 4 is 47.9 Å². The Morgan fingerprint density at radius 2 is 0.906 bits per heavy atom. The number of aldehydes is 1. The van der Waals surface area contributed by atoms with E-state index in [0.29, 0.717) is 6.61 Å². The average molecular weight is 541 g/mol. The van der Waals surface area contributed by atoms with Gasteiger partial charge >= 0.3 is 0 Å². The zero-order valence-corrected chi connectivity index (χ0v) is 28.5. The summed E-state index contributed by atoms with van der Waals surface area (Å²) in [7, 11) is -9.81. The van der Waals surface area contributed by atoms with E-state index in [0.717, 1.165) is 6.29 Å². The van der Waals surface area contributed by atoms with Gasteiger partial charge in [-0.1, -0.05) is 0 Å². The highest BCUT2D eigenvalue weighted by Crippen LogP contribution is 2.28. The SMILES string of the molecule is C[Si](C)(C)OC[C@@H](O[Si](C)(C)C)[C@@H](O[Si](C)(C)C)[C@@H](O[Si](C)(C)C)[C@@H](C=O)O[Si](C)(C)C. The van der Waals surface area contributed by atoms with Crippen LogP contribution in [0, 0.1) is 0 Å². The van der Waals surface area contributed by atoms with E-state index in [4.69, 9.17) is 22.1 Å². The summed E-state index contributed by atoms with van der Waals surface area (Å²) in [5.74, 6) is 0. The Kier molecular flexibility index (Phi) is 12.2. The van der Waals surface area contributed by atoms with Crippen LogP contribution < -0.4 is 0 Å². The van der Waals surface area contributed by atoms with E-state index in [-0.39, 0.29) is 6.10 Å². The summed E-state index contributed by atoms with van der Waals surface area (Å²) in [6, 6.07) is 0. The zero-order valence-electron chi connectivity index (χ0n) is 23.5. The number of hydrogen-bond donors (Lipinski definition) is 0. The molecule has 0 heterocycles. The maximum Gasteiger partial charge on any atom is 0.184 e. The van der Waals surface area contributed by atoms with Crippen LogP contribution in [-0.2, 0) is 26.9 Å². The van der Waals surface area contributed by atoms with E-state index in [2.05, 4.69) is 98.2 Å². The highest BCUT2D eigenvalue weighted by atomic mass is 28.4. The number of carbonyl (C=O) groups excluding carboxylic acids is 1. The third kappa shape index (κ3) is 16.2. The van der Waals surface area contributed by atoms with Gasteiger partial charge in [-0.3, -0.25) is 0 Å². The van der Waals surface area contributed by atoms with Crippen LogP contribution >= 0.6 is 0 Å². The predicted octanol–water partition coefficient (Wildman–Crippen LogP) is 5.92. The second-order valence-corrected chi connectivity index (χ2v) is 35.8. The highest BCUT2D eigenvalue weighted by Gasteiger charge is 2.45. The molecule has 32 heavy (non-hydrogen) atoms.